The molecule has 2 aliphatic heterocycles. The zero-order valence-electron chi connectivity index (χ0n) is 22.1. The molecule has 204 valence electrons. The van der Waals surface area contributed by atoms with Crippen molar-refractivity contribution in [2.45, 2.75) is 13.3 Å². The first-order valence-electron chi connectivity index (χ1n) is 13.2. The molecule has 0 saturated carbocycles. The molecule has 2 fully saturated rings. The molecule has 10 heteroatoms. The monoisotopic (exact) mass is 530 g/mol. The van der Waals surface area contributed by atoms with E-state index in [9.17, 15) is 19.8 Å². The van der Waals surface area contributed by atoms with Gasteiger partial charge in [0.1, 0.15) is 5.75 Å². The molecule has 2 aromatic carbocycles. The summed E-state index contributed by atoms with van der Waals surface area (Å²) in [5.74, 6) is 0.616. The number of amides is 2. The third-order valence-electron chi connectivity index (χ3n) is 7.72. The smallest absolute Gasteiger partial charge is 0.236 e. The van der Waals surface area contributed by atoms with Crippen LogP contribution in [0.5, 0.6) is 5.75 Å². The van der Waals surface area contributed by atoms with E-state index in [-0.39, 0.29) is 30.7 Å². The number of rotatable bonds is 7. The highest BCUT2D eigenvalue weighted by atomic mass is 16.3. The first-order valence-corrected chi connectivity index (χ1v) is 13.2. The van der Waals surface area contributed by atoms with Crippen molar-refractivity contribution in [2.75, 3.05) is 62.6 Å². The van der Waals surface area contributed by atoms with Crippen molar-refractivity contribution in [1.82, 2.24) is 19.8 Å². The first-order chi connectivity index (χ1) is 18.9. The molecule has 3 N–H and O–H groups in total. The second-order valence-corrected chi connectivity index (χ2v) is 10.3. The fraction of sp³-hybridized carbons (Fsp3) is 0.379. The van der Waals surface area contributed by atoms with Crippen LogP contribution < -0.4 is 10.2 Å². The van der Waals surface area contributed by atoms with Gasteiger partial charge in [0.2, 0.25) is 11.8 Å². The van der Waals surface area contributed by atoms with Crippen LogP contribution in [0.4, 0.5) is 11.4 Å². The van der Waals surface area contributed by atoms with Gasteiger partial charge in [0.05, 0.1) is 18.6 Å². The molecule has 3 aromatic rings. The van der Waals surface area contributed by atoms with E-state index in [1.807, 2.05) is 21.9 Å². The number of phenolic OH excluding ortho intramolecular Hbond substituents is 1. The van der Waals surface area contributed by atoms with E-state index in [0.717, 1.165) is 24.3 Å². The standard InChI is InChI=1S/C29H34N6O4/c1-21-17-23(5-8-25(21)37)32-28(39)29(20-36)9-12-33(19-29)18-26(38)35-15-13-34(14-16-35)24-6-3-22(4-7-24)27-30-10-2-11-31-27/h2-8,10-11,17,36-37H,9,12-16,18-20H2,1H3,(H,32,39)/t29-/m1/s1. The minimum absolute atomic E-state index is 0.0366. The van der Waals surface area contributed by atoms with Crippen LogP contribution in [0.15, 0.2) is 60.9 Å². The number of piperazine rings is 1. The number of carbonyl (C=O) groups excluding carboxylic acids is 2. The summed E-state index contributed by atoms with van der Waals surface area (Å²) in [6.07, 6.45) is 3.93. The van der Waals surface area contributed by atoms with Gasteiger partial charge >= 0.3 is 0 Å². The highest BCUT2D eigenvalue weighted by Gasteiger charge is 2.45. The number of aliphatic hydroxyl groups is 1. The second-order valence-electron chi connectivity index (χ2n) is 10.3. The Morgan fingerprint density at radius 1 is 1.00 bits per heavy atom. The van der Waals surface area contributed by atoms with Crippen LogP contribution in [0.1, 0.15) is 12.0 Å². The predicted octanol–water partition coefficient (Wildman–Crippen LogP) is 2.13. The molecule has 39 heavy (non-hydrogen) atoms. The highest BCUT2D eigenvalue weighted by molar-refractivity contribution is 5.96. The van der Waals surface area contributed by atoms with Crippen molar-refractivity contribution in [3.8, 4) is 17.1 Å². The molecular weight excluding hydrogens is 496 g/mol. The molecule has 0 bridgehead atoms. The number of benzene rings is 2. The summed E-state index contributed by atoms with van der Waals surface area (Å²) in [6, 6.07) is 14.8. The SMILES string of the molecule is Cc1cc(NC(=O)[C@]2(CO)CCN(CC(=O)N3CCN(c4ccc(-c5ncccn5)cc4)CC3)C2)ccc1O. The number of hydrogen-bond donors (Lipinski definition) is 3. The second kappa shape index (κ2) is 11.4. The lowest BCUT2D eigenvalue weighted by Crippen LogP contribution is -2.51. The van der Waals surface area contributed by atoms with Crippen molar-refractivity contribution < 1.29 is 19.8 Å². The Morgan fingerprint density at radius 2 is 1.72 bits per heavy atom. The number of aryl methyl sites for hydroxylation is 1. The van der Waals surface area contributed by atoms with E-state index in [4.69, 9.17) is 0 Å². The van der Waals surface area contributed by atoms with Gasteiger partial charge in [-0.25, -0.2) is 9.97 Å². The molecule has 2 saturated heterocycles. The third-order valence-corrected chi connectivity index (χ3v) is 7.72. The molecule has 1 atom stereocenters. The first kappa shape index (κ1) is 26.6. The molecule has 3 heterocycles. The fourth-order valence-corrected chi connectivity index (χ4v) is 5.25. The van der Waals surface area contributed by atoms with Crippen LogP contribution in [0.2, 0.25) is 0 Å². The summed E-state index contributed by atoms with van der Waals surface area (Å²) in [4.78, 5) is 40.9. The van der Waals surface area contributed by atoms with Gasteiger partial charge in [-0.15, -0.1) is 0 Å². The van der Waals surface area contributed by atoms with Crippen LogP contribution in [-0.2, 0) is 9.59 Å². The third kappa shape index (κ3) is 5.86. The van der Waals surface area contributed by atoms with Crippen molar-refractivity contribution in [2.24, 2.45) is 5.41 Å². The molecule has 2 aliphatic rings. The van der Waals surface area contributed by atoms with E-state index in [2.05, 4.69) is 32.3 Å². The maximum absolute atomic E-state index is 13.1. The summed E-state index contributed by atoms with van der Waals surface area (Å²) in [5.41, 5.74) is 2.32. The fourth-order valence-electron chi connectivity index (χ4n) is 5.25. The average molecular weight is 531 g/mol. The average Bonchev–Trinajstić information content (AvgIpc) is 3.40. The largest absolute Gasteiger partial charge is 0.508 e. The van der Waals surface area contributed by atoms with Crippen molar-refractivity contribution >= 4 is 23.2 Å². The van der Waals surface area contributed by atoms with Crippen molar-refractivity contribution in [3.63, 3.8) is 0 Å². The number of likely N-dealkylation sites (tertiary alicyclic amines) is 1. The topological polar surface area (TPSA) is 122 Å². The van der Waals surface area contributed by atoms with Gasteiger partial charge in [-0.05, 0) is 74.0 Å². The summed E-state index contributed by atoms with van der Waals surface area (Å²) in [6.45, 7) is 5.29. The lowest BCUT2D eigenvalue weighted by molar-refractivity contribution is -0.133. The van der Waals surface area contributed by atoms with E-state index >= 15 is 0 Å². The zero-order chi connectivity index (χ0) is 27.4. The Kier molecular flexibility index (Phi) is 7.76. The normalized spacial score (nSPS) is 19.7. The number of carbonyl (C=O) groups is 2. The lowest BCUT2D eigenvalue weighted by Gasteiger charge is -2.37. The molecule has 0 spiro atoms. The maximum Gasteiger partial charge on any atom is 0.236 e. The van der Waals surface area contributed by atoms with E-state index in [1.165, 1.54) is 6.07 Å². The molecule has 2 amide bonds. The van der Waals surface area contributed by atoms with Crippen LogP contribution in [0.3, 0.4) is 0 Å². The van der Waals surface area contributed by atoms with Gasteiger partial charge in [-0.2, -0.15) is 0 Å². The van der Waals surface area contributed by atoms with E-state index in [1.54, 1.807) is 37.5 Å². The molecular formula is C29H34N6O4. The van der Waals surface area contributed by atoms with Crippen LogP contribution in [0.25, 0.3) is 11.4 Å². The molecule has 0 unspecified atom stereocenters. The molecule has 10 nitrogen and oxygen atoms in total. The van der Waals surface area contributed by atoms with Crippen LogP contribution >= 0.6 is 0 Å². The summed E-state index contributed by atoms with van der Waals surface area (Å²) >= 11 is 0. The van der Waals surface area contributed by atoms with Gasteiger partial charge in [-0.1, -0.05) is 0 Å². The highest BCUT2D eigenvalue weighted by Crippen LogP contribution is 2.32. The Hall–Kier alpha value is -4.02. The van der Waals surface area contributed by atoms with Gasteiger partial charge in [-0.3, -0.25) is 14.5 Å². The summed E-state index contributed by atoms with van der Waals surface area (Å²) in [7, 11) is 0. The van der Waals surface area contributed by atoms with Gasteiger partial charge < -0.3 is 25.3 Å². The minimum atomic E-state index is -0.971. The van der Waals surface area contributed by atoms with Crippen molar-refractivity contribution in [1.29, 1.82) is 0 Å². The number of phenols is 1. The van der Waals surface area contributed by atoms with Gasteiger partial charge in [0.15, 0.2) is 5.82 Å². The van der Waals surface area contributed by atoms with Crippen LogP contribution in [0, 0.1) is 12.3 Å². The number of aliphatic hydroxyl groups excluding tert-OH is 1. The number of anilines is 2. The number of aromatic hydroxyl groups is 1. The quantitative estimate of drug-likeness (QED) is 0.397. The maximum atomic E-state index is 13.1. The van der Waals surface area contributed by atoms with Gasteiger partial charge in [0.25, 0.3) is 0 Å². The Balaban J connectivity index is 1.12. The molecule has 0 radical (unpaired) electrons. The lowest BCUT2D eigenvalue weighted by atomic mass is 9.87. The number of nitrogens with one attached hydrogen (secondary N) is 1. The van der Waals surface area contributed by atoms with Gasteiger partial charge in [0, 0.05) is 62.1 Å². The number of hydrogen-bond acceptors (Lipinski definition) is 8. The van der Waals surface area contributed by atoms with E-state index < -0.39 is 5.41 Å². The van der Waals surface area contributed by atoms with E-state index in [0.29, 0.717) is 49.7 Å². The zero-order valence-corrected chi connectivity index (χ0v) is 22.1. The molecule has 1 aromatic heterocycles. The Labute approximate surface area is 227 Å². The summed E-state index contributed by atoms with van der Waals surface area (Å²) in [5, 5.41) is 22.7. The molecule has 0 aliphatic carbocycles. The Bertz CT molecular complexity index is 1310. The van der Waals surface area contributed by atoms with Crippen molar-refractivity contribution in [3.05, 3.63) is 66.5 Å². The predicted molar refractivity (Wildman–Crippen MR) is 148 cm³/mol. The van der Waals surface area contributed by atoms with Crippen LogP contribution in [-0.4, -0.2) is 94.2 Å². The number of nitrogens with zero attached hydrogens (tertiary/aromatic N) is 5. The minimum Gasteiger partial charge on any atom is -0.508 e. The number of aromatic nitrogens is 2. The molecule has 5 rings (SSSR count). The summed E-state index contributed by atoms with van der Waals surface area (Å²) < 4.78 is 0. The Morgan fingerprint density at radius 3 is 2.38 bits per heavy atom.